The standard InChI is InChI=1S/C14H18ClF2NO2/c15-11-3-4-12(20-13(16)17)10(7-11)8-18-9-14(19)5-1-2-6-14/h3-4,7,13,18-19H,1-2,5-6,8-9H2. The lowest BCUT2D eigenvalue weighted by Crippen LogP contribution is -2.37. The van der Waals surface area contributed by atoms with E-state index in [2.05, 4.69) is 10.1 Å². The molecule has 1 aliphatic rings. The van der Waals surface area contributed by atoms with Crippen LogP contribution in [0.15, 0.2) is 18.2 Å². The van der Waals surface area contributed by atoms with Crippen molar-refractivity contribution in [3.8, 4) is 5.75 Å². The number of benzene rings is 1. The smallest absolute Gasteiger partial charge is 0.387 e. The molecule has 20 heavy (non-hydrogen) atoms. The topological polar surface area (TPSA) is 41.5 Å². The molecule has 0 bridgehead atoms. The Labute approximate surface area is 121 Å². The van der Waals surface area contributed by atoms with Crippen LogP contribution in [0.25, 0.3) is 0 Å². The summed E-state index contributed by atoms with van der Waals surface area (Å²) in [6.45, 7) is -2.10. The van der Waals surface area contributed by atoms with Crippen molar-refractivity contribution in [2.45, 2.75) is 44.4 Å². The van der Waals surface area contributed by atoms with Crippen LogP contribution in [0.1, 0.15) is 31.2 Å². The lowest BCUT2D eigenvalue weighted by Gasteiger charge is -2.22. The zero-order chi connectivity index (χ0) is 14.6. The maximum atomic E-state index is 12.3. The summed E-state index contributed by atoms with van der Waals surface area (Å²) in [5, 5.41) is 13.8. The van der Waals surface area contributed by atoms with Crippen LogP contribution >= 0.6 is 11.6 Å². The quantitative estimate of drug-likeness (QED) is 0.847. The Morgan fingerprint density at radius 2 is 2.05 bits per heavy atom. The fourth-order valence-corrected chi connectivity index (χ4v) is 2.73. The molecule has 0 atom stereocenters. The zero-order valence-corrected chi connectivity index (χ0v) is 11.8. The van der Waals surface area contributed by atoms with Gasteiger partial charge < -0.3 is 15.2 Å². The first kappa shape index (κ1) is 15.5. The van der Waals surface area contributed by atoms with Crippen LogP contribution in [0.5, 0.6) is 5.75 Å². The van der Waals surface area contributed by atoms with Gasteiger partial charge >= 0.3 is 6.61 Å². The molecule has 1 saturated carbocycles. The van der Waals surface area contributed by atoms with E-state index in [-0.39, 0.29) is 5.75 Å². The van der Waals surface area contributed by atoms with Gasteiger partial charge in [0.2, 0.25) is 0 Å². The van der Waals surface area contributed by atoms with Gasteiger partial charge in [-0.2, -0.15) is 8.78 Å². The highest BCUT2D eigenvalue weighted by molar-refractivity contribution is 6.30. The van der Waals surface area contributed by atoms with E-state index in [9.17, 15) is 13.9 Å². The third-order valence-corrected chi connectivity index (χ3v) is 3.78. The van der Waals surface area contributed by atoms with Crippen molar-refractivity contribution < 1.29 is 18.6 Å². The van der Waals surface area contributed by atoms with Crippen molar-refractivity contribution in [3.63, 3.8) is 0 Å². The lowest BCUT2D eigenvalue weighted by atomic mass is 10.0. The normalized spacial score (nSPS) is 17.6. The molecule has 1 aromatic carbocycles. The Morgan fingerprint density at radius 3 is 2.70 bits per heavy atom. The maximum absolute atomic E-state index is 12.3. The van der Waals surface area contributed by atoms with Crippen LogP contribution in [0.4, 0.5) is 8.78 Å². The van der Waals surface area contributed by atoms with E-state index in [4.69, 9.17) is 11.6 Å². The van der Waals surface area contributed by atoms with E-state index < -0.39 is 12.2 Å². The third-order valence-electron chi connectivity index (χ3n) is 3.54. The molecule has 0 aliphatic heterocycles. The summed E-state index contributed by atoms with van der Waals surface area (Å²) in [5.41, 5.74) is -0.123. The largest absolute Gasteiger partial charge is 0.434 e. The predicted octanol–water partition coefficient (Wildman–Crippen LogP) is 3.34. The summed E-state index contributed by atoms with van der Waals surface area (Å²) in [7, 11) is 0. The van der Waals surface area contributed by atoms with E-state index in [0.29, 0.717) is 23.7 Å². The molecular formula is C14H18ClF2NO2. The molecule has 0 radical (unpaired) electrons. The van der Waals surface area contributed by atoms with Gasteiger partial charge in [-0.05, 0) is 31.0 Å². The number of nitrogens with one attached hydrogen (secondary N) is 1. The van der Waals surface area contributed by atoms with E-state index in [0.717, 1.165) is 25.7 Å². The average Bonchev–Trinajstić information content (AvgIpc) is 2.79. The summed E-state index contributed by atoms with van der Waals surface area (Å²) < 4.78 is 29.1. The first-order valence-electron chi connectivity index (χ1n) is 6.65. The van der Waals surface area contributed by atoms with Gasteiger partial charge in [-0.15, -0.1) is 0 Å². The number of halogens is 3. The zero-order valence-electron chi connectivity index (χ0n) is 11.0. The van der Waals surface area contributed by atoms with Gasteiger partial charge in [0.15, 0.2) is 0 Å². The summed E-state index contributed by atoms with van der Waals surface area (Å²) in [6.07, 6.45) is 3.59. The molecule has 2 N–H and O–H groups in total. The molecule has 0 amide bonds. The molecule has 1 fully saturated rings. The van der Waals surface area contributed by atoms with Crippen LogP contribution in [0.2, 0.25) is 5.02 Å². The molecule has 0 heterocycles. The summed E-state index contributed by atoms with van der Waals surface area (Å²) in [6, 6.07) is 4.52. The highest BCUT2D eigenvalue weighted by atomic mass is 35.5. The molecule has 0 spiro atoms. The highest BCUT2D eigenvalue weighted by Crippen LogP contribution is 2.29. The van der Waals surface area contributed by atoms with Crippen molar-refractivity contribution in [1.82, 2.24) is 5.32 Å². The molecule has 6 heteroatoms. The SMILES string of the molecule is OC1(CNCc2cc(Cl)ccc2OC(F)F)CCCC1. The summed E-state index contributed by atoms with van der Waals surface area (Å²) >= 11 is 5.87. The number of aliphatic hydroxyl groups is 1. The number of hydrogen-bond acceptors (Lipinski definition) is 3. The minimum Gasteiger partial charge on any atom is -0.434 e. The van der Waals surface area contributed by atoms with E-state index in [1.54, 1.807) is 6.07 Å². The van der Waals surface area contributed by atoms with Crippen molar-refractivity contribution >= 4 is 11.6 Å². The molecule has 0 aromatic heterocycles. The fourth-order valence-electron chi connectivity index (χ4n) is 2.54. The first-order chi connectivity index (χ1) is 9.48. The van der Waals surface area contributed by atoms with Gasteiger partial charge in [0.25, 0.3) is 0 Å². The van der Waals surface area contributed by atoms with E-state index in [1.165, 1.54) is 12.1 Å². The van der Waals surface area contributed by atoms with Gasteiger partial charge in [-0.25, -0.2) is 0 Å². The minimum atomic E-state index is -2.87. The van der Waals surface area contributed by atoms with Crippen molar-refractivity contribution in [1.29, 1.82) is 0 Å². The molecule has 1 aromatic rings. The number of hydrogen-bond donors (Lipinski definition) is 2. The van der Waals surface area contributed by atoms with Crippen LogP contribution in [-0.2, 0) is 6.54 Å². The number of ether oxygens (including phenoxy) is 1. The van der Waals surface area contributed by atoms with Gasteiger partial charge in [-0.1, -0.05) is 24.4 Å². The van der Waals surface area contributed by atoms with Crippen LogP contribution < -0.4 is 10.1 Å². The summed E-state index contributed by atoms with van der Waals surface area (Å²) in [5.74, 6) is 0.107. The van der Waals surface area contributed by atoms with E-state index >= 15 is 0 Å². The molecule has 0 unspecified atom stereocenters. The molecule has 0 saturated heterocycles. The molecular weight excluding hydrogens is 288 g/mol. The van der Waals surface area contributed by atoms with Crippen LogP contribution in [0.3, 0.4) is 0 Å². The second-order valence-electron chi connectivity index (χ2n) is 5.17. The minimum absolute atomic E-state index is 0.107. The fraction of sp³-hybridized carbons (Fsp3) is 0.571. The van der Waals surface area contributed by atoms with E-state index in [1.807, 2.05) is 0 Å². The predicted molar refractivity (Wildman–Crippen MR) is 73.2 cm³/mol. The molecule has 3 nitrogen and oxygen atoms in total. The molecule has 2 rings (SSSR count). The van der Waals surface area contributed by atoms with Crippen LogP contribution in [0, 0.1) is 0 Å². The molecule has 112 valence electrons. The Hall–Kier alpha value is -0.910. The Bertz CT molecular complexity index is 451. The maximum Gasteiger partial charge on any atom is 0.387 e. The molecule has 1 aliphatic carbocycles. The Morgan fingerprint density at radius 1 is 1.35 bits per heavy atom. The Kier molecular flexibility index (Phi) is 5.18. The average molecular weight is 306 g/mol. The number of alkyl halides is 2. The van der Waals surface area contributed by atoms with Crippen molar-refractivity contribution in [3.05, 3.63) is 28.8 Å². The second-order valence-corrected chi connectivity index (χ2v) is 5.60. The number of rotatable bonds is 6. The second kappa shape index (κ2) is 6.70. The Balaban J connectivity index is 1.95. The third kappa shape index (κ3) is 4.30. The lowest BCUT2D eigenvalue weighted by molar-refractivity contribution is -0.0505. The van der Waals surface area contributed by atoms with Gasteiger partial charge in [-0.3, -0.25) is 0 Å². The van der Waals surface area contributed by atoms with Gasteiger partial charge in [0, 0.05) is 23.7 Å². The summed E-state index contributed by atoms with van der Waals surface area (Å²) in [4.78, 5) is 0. The highest BCUT2D eigenvalue weighted by Gasteiger charge is 2.30. The van der Waals surface area contributed by atoms with Crippen LogP contribution in [-0.4, -0.2) is 23.9 Å². The van der Waals surface area contributed by atoms with Crippen molar-refractivity contribution in [2.24, 2.45) is 0 Å². The van der Waals surface area contributed by atoms with Crippen molar-refractivity contribution in [2.75, 3.05) is 6.54 Å². The van der Waals surface area contributed by atoms with Gasteiger partial charge in [0.05, 0.1) is 5.60 Å². The van der Waals surface area contributed by atoms with Gasteiger partial charge in [0.1, 0.15) is 5.75 Å². The monoisotopic (exact) mass is 305 g/mol. The first-order valence-corrected chi connectivity index (χ1v) is 7.03.